The van der Waals surface area contributed by atoms with Crippen LogP contribution in [0.1, 0.15) is 12.8 Å². The Bertz CT molecular complexity index is 1330. The average molecular weight is 530 g/mol. The number of amides is 1. The summed E-state index contributed by atoms with van der Waals surface area (Å²) in [5, 5.41) is 2.95. The Morgan fingerprint density at radius 2 is 1.82 bits per heavy atom. The van der Waals surface area contributed by atoms with Crippen LogP contribution in [0, 0.1) is 0 Å². The summed E-state index contributed by atoms with van der Waals surface area (Å²) in [6.45, 7) is 0.597. The Balaban J connectivity index is 1.63. The summed E-state index contributed by atoms with van der Waals surface area (Å²) in [4.78, 5) is 13.1. The number of fused-ring (bicyclic) bond motifs is 1. The number of rotatable bonds is 6. The molecule has 13 heteroatoms. The van der Waals surface area contributed by atoms with Gasteiger partial charge in [-0.3, -0.25) is 9.10 Å². The van der Waals surface area contributed by atoms with Gasteiger partial charge in [0.1, 0.15) is 11.5 Å². The summed E-state index contributed by atoms with van der Waals surface area (Å²) in [7, 11) is -6.07. The van der Waals surface area contributed by atoms with E-state index >= 15 is 0 Å². The minimum Gasteiger partial charge on any atom is -0.495 e. The zero-order valence-corrected chi connectivity index (χ0v) is 20.9. The highest BCUT2D eigenvalue weighted by Crippen LogP contribution is 2.37. The molecule has 1 amide bonds. The number of methoxy groups -OCH3 is 1. The molecule has 2 aromatic rings. The van der Waals surface area contributed by atoms with Crippen molar-refractivity contribution in [2.24, 2.45) is 0 Å². The van der Waals surface area contributed by atoms with Crippen molar-refractivity contribution in [3.05, 3.63) is 41.4 Å². The summed E-state index contributed by atoms with van der Waals surface area (Å²) in [6, 6.07) is 8.66. The lowest BCUT2D eigenvalue weighted by atomic mass is 10.2. The van der Waals surface area contributed by atoms with Crippen molar-refractivity contribution < 1.29 is 31.1 Å². The number of hydrogen-bond acceptors (Lipinski definition) is 7. The number of hydrogen-bond donors (Lipinski definition) is 1. The van der Waals surface area contributed by atoms with Crippen LogP contribution in [0.2, 0.25) is 5.02 Å². The quantitative estimate of drug-likeness (QED) is 0.609. The second-order valence-corrected chi connectivity index (χ2v) is 12.3. The summed E-state index contributed by atoms with van der Waals surface area (Å²) >= 11 is 6.01. The minimum absolute atomic E-state index is 0.0211. The van der Waals surface area contributed by atoms with Crippen LogP contribution in [0.5, 0.6) is 11.5 Å². The van der Waals surface area contributed by atoms with Crippen molar-refractivity contribution >= 4 is 48.9 Å². The van der Waals surface area contributed by atoms with Gasteiger partial charge in [-0.1, -0.05) is 11.6 Å². The first-order valence-electron chi connectivity index (χ1n) is 10.4. The number of carbonyl (C=O) groups excluding carboxylic acids is 1. The van der Waals surface area contributed by atoms with Gasteiger partial charge in [0, 0.05) is 18.1 Å². The molecule has 10 nitrogen and oxygen atoms in total. The summed E-state index contributed by atoms with van der Waals surface area (Å²) in [5.41, 5.74) is 0.361. The third-order valence-electron chi connectivity index (χ3n) is 5.61. The third-order valence-corrected chi connectivity index (χ3v) is 8.89. The number of ether oxygens (including phenoxy) is 2. The molecule has 0 aliphatic carbocycles. The zero-order chi connectivity index (χ0) is 24.7. The molecule has 1 fully saturated rings. The Kier molecular flexibility index (Phi) is 6.69. The molecule has 0 spiro atoms. The Morgan fingerprint density at radius 1 is 1.12 bits per heavy atom. The highest BCUT2D eigenvalue weighted by Gasteiger charge is 2.36. The van der Waals surface area contributed by atoms with Crippen LogP contribution >= 0.6 is 11.6 Å². The van der Waals surface area contributed by atoms with E-state index in [1.54, 1.807) is 0 Å². The number of benzene rings is 2. The van der Waals surface area contributed by atoms with Gasteiger partial charge in [0.2, 0.25) is 20.0 Å². The highest BCUT2D eigenvalue weighted by atomic mass is 35.5. The van der Waals surface area contributed by atoms with Gasteiger partial charge in [-0.25, -0.2) is 16.8 Å². The lowest BCUT2D eigenvalue weighted by Gasteiger charge is -2.34. The van der Waals surface area contributed by atoms with Crippen molar-refractivity contribution in [2.45, 2.75) is 23.8 Å². The molecule has 34 heavy (non-hydrogen) atoms. The molecule has 0 radical (unpaired) electrons. The van der Waals surface area contributed by atoms with E-state index < -0.39 is 32.1 Å². The molecule has 2 heterocycles. The normalized spacial score (nSPS) is 18.8. The predicted molar refractivity (Wildman–Crippen MR) is 128 cm³/mol. The molecule has 0 unspecified atom stereocenters. The number of carbonyl (C=O) groups is 1. The highest BCUT2D eigenvalue weighted by molar-refractivity contribution is 7.92. The van der Waals surface area contributed by atoms with E-state index in [0.717, 1.165) is 23.4 Å². The maximum Gasteiger partial charge on any atom is 0.267 e. The second-order valence-electron chi connectivity index (χ2n) is 7.98. The van der Waals surface area contributed by atoms with E-state index in [2.05, 4.69) is 5.32 Å². The predicted octanol–water partition coefficient (Wildman–Crippen LogP) is 2.30. The summed E-state index contributed by atoms with van der Waals surface area (Å²) < 4.78 is 64.1. The van der Waals surface area contributed by atoms with Crippen LogP contribution in [0.25, 0.3) is 0 Å². The third kappa shape index (κ3) is 4.81. The fraction of sp³-hybridized carbons (Fsp3) is 0.381. The van der Waals surface area contributed by atoms with Gasteiger partial charge in [0.25, 0.3) is 5.91 Å². The topological polar surface area (TPSA) is 122 Å². The molecule has 4 rings (SSSR count). The Labute approximate surface area is 203 Å². The first-order chi connectivity index (χ1) is 16.0. The largest absolute Gasteiger partial charge is 0.495 e. The van der Waals surface area contributed by atoms with Crippen LogP contribution in [0.15, 0.2) is 41.3 Å². The fourth-order valence-corrected chi connectivity index (χ4v) is 6.53. The van der Waals surface area contributed by atoms with Gasteiger partial charge < -0.3 is 14.8 Å². The maximum absolute atomic E-state index is 13.1. The molecule has 1 saturated heterocycles. The lowest BCUT2D eigenvalue weighted by Crippen LogP contribution is -2.48. The molecule has 2 aromatic carbocycles. The fourth-order valence-electron chi connectivity index (χ4n) is 3.91. The second kappa shape index (κ2) is 9.25. The van der Waals surface area contributed by atoms with Gasteiger partial charge in [0.05, 0.1) is 36.2 Å². The van der Waals surface area contributed by atoms with Crippen LogP contribution < -0.4 is 19.1 Å². The van der Waals surface area contributed by atoms with Crippen molar-refractivity contribution in [1.29, 1.82) is 0 Å². The minimum atomic E-state index is -3.74. The lowest BCUT2D eigenvalue weighted by molar-refractivity contribution is -0.122. The summed E-state index contributed by atoms with van der Waals surface area (Å²) in [6.07, 6.45) is 1.41. The summed E-state index contributed by atoms with van der Waals surface area (Å²) in [5.74, 6) is -0.237. The van der Waals surface area contributed by atoms with Gasteiger partial charge >= 0.3 is 0 Å². The van der Waals surface area contributed by atoms with E-state index in [0.29, 0.717) is 18.1 Å². The Morgan fingerprint density at radius 3 is 2.47 bits per heavy atom. The van der Waals surface area contributed by atoms with Gasteiger partial charge in [-0.05, 0) is 49.2 Å². The zero-order valence-electron chi connectivity index (χ0n) is 18.5. The molecule has 2 aliphatic rings. The monoisotopic (exact) mass is 529 g/mol. The molecule has 184 valence electrons. The van der Waals surface area contributed by atoms with E-state index in [1.165, 1.54) is 47.8 Å². The molecule has 0 saturated carbocycles. The average Bonchev–Trinajstić information content (AvgIpc) is 3.33. The maximum atomic E-state index is 13.1. The van der Waals surface area contributed by atoms with Crippen LogP contribution in [-0.4, -0.2) is 66.2 Å². The van der Waals surface area contributed by atoms with E-state index in [1.807, 2.05) is 0 Å². The van der Waals surface area contributed by atoms with Gasteiger partial charge in [-0.2, -0.15) is 4.31 Å². The van der Waals surface area contributed by atoms with Crippen LogP contribution in [-0.2, 0) is 24.8 Å². The smallest absolute Gasteiger partial charge is 0.267 e. The molecular formula is C21H24ClN3O7S2. The van der Waals surface area contributed by atoms with E-state index in [4.69, 9.17) is 21.1 Å². The first kappa shape index (κ1) is 24.6. The SMILES string of the molecule is COc1ccc(S(=O)(=O)N2CCCC2)cc1NC(=O)[C@@H]1CN(S(C)(=O)=O)c2cc(Cl)ccc2O1. The number of anilines is 2. The molecule has 0 aromatic heterocycles. The standard InChI is InChI=1S/C21H24ClN3O7S2/c1-31-18-8-6-15(34(29,30)24-9-3-4-10-24)12-16(18)23-21(26)20-13-25(33(2,27)28)17-11-14(22)5-7-19(17)32-20/h5-8,11-12,20H,3-4,9-10,13H2,1-2H3,(H,23,26)/t20-/m0/s1. The molecule has 2 aliphatic heterocycles. The van der Waals surface area contributed by atoms with Crippen molar-refractivity contribution in [3.8, 4) is 11.5 Å². The van der Waals surface area contributed by atoms with Gasteiger partial charge in [-0.15, -0.1) is 0 Å². The van der Waals surface area contributed by atoms with Crippen molar-refractivity contribution in [2.75, 3.05) is 42.6 Å². The number of halogens is 1. The molecule has 1 atom stereocenters. The first-order valence-corrected chi connectivity index (χ1v) is 14.1. The number of nitrogens with zero attached hydrogens (tertiary/aromatic N) is 2. The number of nitrogens with one attached hydrogen (secondary N) is 1. The van der Waals surface area contributed by atoms with E-state index in [-0.39, 0.29) is 34.3 Å². The van der Waals surface area contributed by atoms with E-state index in [9.17, 15) is 21.6 Å². The molecular weight excluding hydrogens is 506 g/mol. The van der Waals surface area contributed by atoms with Crippen molar-refractivity contribution in [1.82, 2.24) is 4.31 Å². The number of sulfonamides is 2. The molecule has 0 bridgehead atoms. The van der Waals surface area contributed by atoms with Crippen LogP contribution in [0.3, 0.4) is 0 Å². The van der Waals surface area contributed by atoms with Crippen LogP contribution in [0.4, 0.5) is 11.4 Å². The Hall–Kier alpha value is -2.54. The van der Waals surface area contributed by atoms with Gasteiger partial charge in [0.15, 0.2) is 6.10 Å². The molecule has 1 N–H and O–H groups in total. The van der Waals surface area contributed by atoms with Crippen molar-refractivity contribution in [3.63, 3.8) is 0 Å².